The normalized spacial score (nSPS) is 17.9. The second-order valence-electron chi connectivity index (χ2n) is 4.59. The Morgan fingerprint density at radius 3 is 2.47 bits per heavy atom. The summed E-state index contributed by atoms with van der Waals surface area (Å²) in [6.07, 6.45) is -4.49. The molecule has 8 heteroatoms. The molecule has 102 valence electrons. The monoisotopic (exact) mass is 337 g/mol. The Morgan fingerprint density at radius 1 is 1.32 bits per heavy atom. The Balaban J connectivity index is 2.31. The zero-order valence-corrected chi connectivity index (χ0v) is 11.0. The predicted octanol–water partition coefficient (Wildman–Crippen LogP) is 3.57. The van der Waals surface area contributed by atoms with Gasteiger partial charge >= 0.3 is 6.18 Å². The van der Waals surface area contributed by atoms with Gasteiger partial charge in [0.2, 0.25) is 5.95 Å². The molecule has 0 spiro atoms. The number of fused-ring (bicyclic) bond motifs is 1. The minimum atomic E-state index is -4.41. The molecule has 0 bridgehead atoms. The van der Waals surface area contributed by atoms with E-state index >= 15 is 0 Å². The van der Waals surface area contributed by atoms with Crippen molar-refractivity contribution in [2.75, 3.05) is 5.73 Å². The van der Waals surface area contributed by atoms with Crippen LogP contribution in [0.2, 0.25) is 0 Å². The van der Waals surface area contributed by atoms with Crippen LogP contribution < -0.4 is 5.73 Å². The van der Waals surface area contributed by atoms with Crippen LogP contribution in [-0.2, 0) is 5.54 Å². The van der Waals surface area contributed by atoms with Crippen molar-refractivity contribution in [3.8, 4) is 0 Å². The molecular formula is C11H8BrF4N3. The number of aromatic nitrogens is 2. The van der Waals surface area contributed by atoms with Crippen LogP contribution in [0, 0.1) is 5.82 Å². The van der Waals surface area contributed by atoms with Crippen molar-refractivity contribution in [1.82, 2.24) is 9.55 Å². The molecule has 19 heavy (non-hydrogen) atoms. The minimum absolute atomic E-state index is 0.0405. The lowest BCUT2D eigenvalue weighted by Gasteiger charge is -2.22. The van der Waals surface area contributed by atoms with Crippen LogP contribution >= 0.6 is 15.9 Å². The van der Waals surface area contributed by atoms with E-state index in [0.29, 0.717) is 0 Å². The lowest BCUT2D eigenvalue weighted by atomic mass is 10.2. The third kappa shape index (κ3) is 1.65. The lowest BCUT2D eigenvalue weighted by molar-refractivity contribution is -0.178. The molecule has 0 unspecified atom stereocenters. The molecule has 2 aromatic rings. The highest BCUT2D eigenvalue weighted by Crippen LogP contribution is 2.57. The number of hydrogen-bond donors (Lipinski definition) is 1. The fraction of sp³-hybridized carbons (Fsp3) is 0.364. The number of nitrogens with zero attached hydrogens (tertiary/aromatic N) is 2. The summed E-state index contributed by atoms with van der Waals surface area (Å²) in [6.45, 7) is 0. The zero-order valence-electron chi connectivity index (χ0n) is 9.43. The van der Waals surface area contributed by atoms with Crippen molar-refractivity contribution in [2.45, 2.75) is 24.6 Å². The van der Waals surface area contributed by atoms with Gasteiger partial charge in [-0.05, 0) is 34.8 Å². The van der Waals surface area contributed by atoms with Crippen molar-refractivity contribution in [1.29, 1.82) is 0 Å². The first-order valence-electron chi connectivity index (χ1n) is 5.46. The summed E-state index contributed by atoms with van der Waals surface area (Å²) in [7, 11) is 0. The molecule has 3 nitrogen and oxygen atoms in total. The van der Waals surface area contributed by atoms with E-state index in [9.17, 15) is 17.6 Å². The smallest absolute Gasteiger partial charge is 0.369 e. The molecule has 0 aliphatic heterocycles. The van der Waals surface area contributed by atoms with Gasteiger partial charge in [0.15, 0.2) is 0 Å². The summed E-state index contributed by atoms with van der Waals surface area (Å²) in [5.41, 5.74) is 3.89. The Bertz CT molecular complexity index is 673. The number of halogens is 5. The number of nitrogen functional groups attached to an aromatic ring is 1. The van der Waals surface area contributed by atoms with Crippen molar-refractivity contribution in [3.63, 3.8) is 0 Å². The van der Waals surface area contributed by atoms with Crippen molar-refractivity contribution < 1.29 is 17.6 Å². The SMILES string of the molecule is Nc1nc2cc(F)c(Br)cc2n1C1(C(F)(F)F)CC1. The predicted molar refractivity (Wildman–Crippen MR) is 65.1 cm³/mol. The van der Waals surface area contributed by atoms with Crippen LogP contribution in [-0.4, -0.2) is 15.7 Å². The van der Waals surface area contributed by atoms with Crippen LogP contribution in [0.3, 0.4) is 0 Å². The largest absolute Gasteiger partial charge is 0.412 e. The fourth-order valence-electron chi connectivity index (χ4n) is 2.29. The highest BCUT2D eigenvalue weighted by Gasteiger charge is 2.65. The maximum Gasteiger partial charge on any atom is 0.412 e. The van der Waals surface area contributed by atoms with E-state index in [1.54, 1.807) is 0 Å². The van der Waals surface area contributed by atoms with Crippen LogP contribution in [0.4, 0.5) is 23.5 Å². The first-order valence-corrected chi connectivity index (χ1v) is 6.26. The van der Waals surface area contributed by atoms with Gasteiger partial charge in [0.25, 0.3) is 0 Å². The van der Waals surface area contributed by atoms with Crippen LogP contribution in [0.1, 0.15) is 12.8 Å². The van der Waals surface area contributed by atoms with Gasteiger partial charge < -0.3 is 5.73 Å². The van der Waals surface area contributed by atoms with E-state index in [-0.39, 0.29) is 34.3 Å². The quantitative estimate of drug-likeness (QED) is 0.808. The first-order chi connectivity index (χ1) is 8.76. The van der Waals surface area contributed by atoms with E-state index in [4.69, 9.17) is 5.73 Å². The van der Waals surface area contributed by atoms with Gasteiger partial charge in [0, 0.05) is 6.07 Å². The van der Waals surface area contributed by atoms with E-state index in [1.807, 2.05) is 0 Å². The number of anilines is 1. The number of rotatable bonds is 1. The Kier molecular flexibility index (Phi) is 2.42. The van der Waals surface area contributed by atoms with Crippen LogP contribution in [0.5, 0.6) is 0 Å². The Labute approximate surface area is 113 Å². The average molecular weight is 338 g/mol. The molecule has 3 rings (SSSR count). The molecule has 1 heterocycles. The topological polar surface area (TPSA) is 43.8 Å². The Morgan fingerprint density at radius 2 is 1.95 bits per heavy atom. The maximum atomic E-state index is 13.4. The van der Waals surface area contributed by atoms with Gasteiger partial charge in [-0.2, -0.15) is 13.2 Å². The van der Waals surface area contributed by atoms with Crippen molar-refractivity contribution >= 4 is 32.9 Å². The molecule has 1 aromatic carbocycles. The van der Waals surface area contributed by atoms with E-state index in [1.165, 1.54) is 6.07 Å². The summed E-state index contributed by atoms with van der Waals surface area (Å²) in [4.78, 5) is 3.81. The number of hydrogen-bond acceptors (Lipinski definition) is 2. The maximum absolute atomic E-state index is 13.4. The molecule has 1 saturated carbocycles. The van der Waals surface area contributed by atoms with E-state index in [2.05, 4.69) is 20.9 Å². The van der Waals surface area contributed by atoms with Crippen LogP contribution in [0.25, 0.3) is 11.0 Å². The molecule has 0 radical (unpaired) electrons. The minimum Gasteiger partial charge on any atom is -0.369 e. The summed E-state index contributed by atoms with van der Waals surface area (Å²) >= 11 is 2.96. The number of benzene rings is 1. The fourth-order valence-corrected chi connectivity index (χ4v) is 2.62. The van der Waals surface area contributed by atoms with Gasteiger partial charge in [-0.15, -0.1) is 0 Å². The summed E-state index contributed by atoms with van der Waals surface area (Å²) in [5, 5.41) is 0. The standard InChI is InChI=1S/C11H8BrF4N3/c12-5-3-8-7(4-6(5)13)18-9(17)19(8)10(1-2-10)11(14,15)16/h3-4H,1-2H2,(H2,17,18). The van der Waals surface area contributed by atoms with Gasteiger partial charge in [0.1, 0.15) is 11.4 Å². The summed E-state index contributed by atoms with van der Waals surface area (Å²) in [6, 6.07) is 2.35. The second kappa shape index (κ2) is 3.62. The zero-order chi connectivity index (χ0) is 14.0. The first kappa shape index (κ1) is 12.7. The molecule has 1 fully saturated rings. The van der Waals surface area contributed by atoms with Gasteiger partial charge in [-0.1, -0.05) is 0 Å². The summed E-state index contributed by atoms with van der Waals surface area (Å²) < 4.78 is 53.9. The third-order valence-corrected chi connectivity index (χ3v) is 4.01. The van der Waals surface area contributed by atoms with Crippen molar-refractivity contribution in [3.05, 3.63) is 22.4 Å². The molecular weight excluding hydrogens is 330 g/mol. The molecule has 1 aliphatic carbocycles. The summed E-state index contributed by atoms with van der Waals surface area (Å²) in [5.74, 6) is -0.837. The Hall–Kier alpha value is -1.31. The van der Waals surface area contributed by atoms with Gasteiger partial charge in [0.05, 0.1) is 15.5 Å². The van der Waals surface area contributed by atoms with Gasteiger partial charge in [-0.25, -0.2) is 9.37 Å². The van der Waals surface area contributed by atoms with Crippen LogP contribution in [0.15, 0.2) is 16.6 Å². The molecule has 0 amide bonds. The average Bonchev–Trinajstić information content (AvgIpc) is 3.01. The van der Waals surface area contributed by atoms with E-state index in [0.717, 1.165) is 10.6 Å². The second-order valence-corrected chi connectivity index (χ2v) is 5.44. The van der Waals surface area contributed by atoms with Crippen molar-refractivity contribution in [2.24, 2.45) is 0 Å². The molecule has 1 aromatic heterocycles. The molecule has 0 atom stereocenters. The third-order valence-electron chi connectivity index (χ3n) is 3.40. The molecule has 0 saturated heterocycles. The van der Waals surface area contributed by atoms with E-state index < -0.39 is 17.5 Å². The molecule has 2 N–H and O–H groups in total. The number of imidazole rings is 1. The highest BCUT2D eigenvalue weighted by atomic mass is 79.9. The number of alkyl halides is 3. The molecule has 1 aliphatic rings. The van der Waals surface area contributed by atoms with Gasteiger partial charge in [-0.3, -0.25) is 4.57 Å². The lowest BCUT2D eigenvalue weighted by Crippen LogP contribution is -2.35. The number of nitrogens with two attached hydrogens (primary N) is 1. The highest BCUT2D eigenvalue weighted by molar-refractivity contribution is 9.10.